The number of hydrogen-bond donors (Lipinski definition) is 2. The normalized spacial score (nSPS) is 10.5. The van der Waals surface area contributed by atoms with Crippen LogP contribution < -0.4 is 20.5 Å². The van der Waals surface area contributed by atoms with E-state index >= 15 is 0 Å². The van der Waals surface area contributed by atoms with Crippen molar-refractivity contribution >= 4 is 12.2 Å². The third kappa shape index (κ3) is 3.31. The number of nitrogens with zero attached hydrogens (tertiary/aromatic N) is 3. The summed E-state index contributed by atoms with van der Waals surface area (Å²) in [4.78, 5) is 13.4. The van der Waals surface area contributed by atoms with E-state index in [9.17, 15) is 4.79 Å². The van der Waals surface area contributed by atoms with Gasteiger partial charge in [-0.05, 0) is 23.8 Å². The summed E-state index contributed by atoms with van der Waals surface area (Å²) in [5, 5.41) is 11.1. The Labute approximate surface area is 114 Å². The second-order valence-corrected chi connectivity index (χ2v) is 3.67. The van der Waals surface area contributed by atoms with E-state index < -0.39 is 0 Å². The number of rotatable bonds is 5. The molecule has 20 heavy (non-hydrogen) atoms. The summed E-state index contributed by atoms with van der Waals surface area (Å²) in [6.07, 6.45) is 2.62. The minimum absolute atomic E-state index is 0.161. The lowest BCUT2D eigenvalue weighted by molar-refractivity contribution is 0.355. The van der Waals surface area contributed by atoms with Gasteiger partial charge in [0.05, 0.1) is 20.4 Å². The number of benzene rings is 1. The van der Waals surface area contributed by atoms with Crippen LogP contribution in [0.5, 0.6) is 11.5 Å². The number of aromatic amines is 1. The van der Waals surface area contributed by atoms with Gasteiger partial charge >= 0.3 is 0 Å². The Kier molecular flexibility index (Phi) is 4.28. The molecular weight excluding hydrogens is 262 g/mol. The number of methoxy groups -OCH3 is 2. The van der Waals surface area contributed by atoms with Gasteiger partial charge in [-0.2, -0.15) is 5.10 Å². The van der Waals surface area contributed by atoms with E-state index in [-0.39, 0.29) is 11.5 Å². The molecular formula is C12H13N5O3. The van der Waals surface area contributed by atoms with Crippen molar-refractivity contribution in [1.29, 1.82) is 0 Å². The monoisotopic (exact) mass is 275 g/mol. The molecule has 0 aliphatic carbocycles. The Morgan fingerprint density at radius 1 is 1.30 bits per heavy atom. The molecule has 8 nitrogen and oxygen atoms in total. The molecule has 0 aliphatic rings. The van der Waals surface area contributed by atoms with Crippen molar-refractivity contribution in [3.63, 3.8) is 0 Å². The van der Waals surface area contributed by atoms with Crippen LogP contribution in [0.25, 0.3) is 0 Å². The van der Waals surface area contributed by atoms with Crippen molar-refractivity contribution in [3.8, 4) is 11.5 Å². The first-order chi connectivity index (χ1) is 9.72. The SMILES string of the molecule is COc1ccc(/C=N/Nc2nncc(=O)[nH]2)cc1OC. The number of nitrogens with one attached hydrogen (secondary N) is 2. The van der Waals surface area contributed by atoms with Crippen LogP contribution in [0.3, 0.4) is 0 Å². The zero-order valence-corrected chi connectivity index (χ0v) is 11.0. The number of H-pyrrole nitrogens is 1. The first-order valence-corrected chi connectivity index (χ1v) is 5.66. The molecule has 0 atom stereocenters. The fourth-order valence-electron chi connectivity index (χ4n) is 1.46. The van der Waals surface area contributed by atoms with Crippen molar-refractivity contribution in [2.75, 3.05) is 19.6 Å². The quantitative estimate of drug-likeness (QED) is 0.613. The van der Waals surface area contributed by atoms with Crippen LogP contribution in [0.2, 0.25) is 0 Å². The molecule has 1 aromatic carbocycles. The third-order valence-corrected chi connectivity index (χ3v) is 2.37. The maximum atomic E-state index is 11.0. The van der Waals surface area contributed by atoms with Crippen LogP contribution in [0.15, 0.2) is 34.3 Å². The third-order valence-electron chi connectivity index (χ3n) is 2.37. The van der Waals surface area contributed by atoms with Crippen molar-refractivity contribution in [1.82, 2.24) is 15.2 Å². The molecule has 0 bridgehead atoms. The lowest BCUT2D eigenvalue weighted by Gasteiger charge is -2.07. The topological polar surface area (TPSA) is 101 Å². The summed E-state index contributed by atoms with van der Waals surface area (Å²) in [5.41, 5.74) is 3.00. The van der Waals surface area contributed by atoms with E-state index in [4.69, 9.17) is 9.47 Å². The first-order valence-electron chi connectivity index (χ1n) is 5.66. The minimum atomic E-state index is -0.358. The second-order valence-electron chi connectivity index (χ2n) is 3.67. The first kappa shape index (κ1) is 13.5. The van der Waals surface area contributed by atoms with Gasteiger partial charge < -0.3 is 9.47 Å². The van der Waals surface area contributed by atoms with Gasteiger partial charge in [0.2, 0.25) is 5.95 Å². The van der Waals surface area contributed by atoms with Gasteiger partial charge in [0.15, 0.2) is 11.5 Å². The zero-order valence-electron chi connectivity index (χ0n) is 11.0. The summed E-state index contributed by atoms with van der Waals surface area (Å²) in [6, 6.07) is 5.35. The molecule has 0 amide bonds. The fraction of sp³-hybridized carbons (Fsp3) is 0.167. The van der Waals surface area contributed by atoms with Gasteiger partial charge in [-0.1, -0.05) is 0 Å². The standard InChI is InChI=1S/C12H13N5O3/c1-19-9-4-3-8(5-10(9)20-2)6-13-16-12-15-11(18)7-14-17-12/h3-7H,1-2H3,(H2,15,16,17,18)/b13-6+. The molecule has 2 N–H and O–H groups in total. The Hall–Kier alpha value is -2.90. The van der Waals surface area contributed by atoms with Crippen LogP contribution in [-0.4, -0.2) is 35.6 Å². The Morgan fingerprint density at radius 2 is 2.10 bits per heavy atom. The van der Waals surface area contributed by atoms with Crippen LogP contribution in [0.1, 0.15) is 5.56 Å². The zero-order chi connectivity index (χ0) is 14.4. The highest BCUT2D eigenvalue weighted by Gasteiger charge is 2.02. The highest BCUT2D eigenvalue weighted by molar-refractivity contribution is 5.81. The van der Waals surface area contributed by atoms with Crippen LogP contribution >= 0.6 is 0 Å². The predicted octanol–water partition coefficient (Wildman–Crippen LogP) is 0.628. The highest BCUT2D eigenvalue weighted by atomic mass is 16.5. The maximum absolute atomic E-state index is 11.0. The van der Waals surface area contributed by atoms with Gasteiger partial charge in [-0.3, -0.25) is 9.78 Å². The molecule has 1 heterocycles. The van der Waals surface area contributed by atoms with Crippen molar-refractivity contribution in [2.24, 2.45) is 5.10 Å². The van der Waals surface area contributed by atoms with E-state index in [2.05, 4.69) is 25.7 Å². The van der Waals surface area contributed by atoms with Gasteiger partial charge in [0.25, 0.3) is 5.56 Å². The molecule has 2 aromatic rings. The Balaban J connectivity index is 2.10. The number of hydrogen-bond acceptors (Lipinski definition) is 7. The number of aromatic nitrogens is 3. The Morgan fingerprint density at radius 3 is 2.80 bits per heavy atom. The van der Waals surface area contributed by atoms with Crippen molar-refractivity contribution in [2.45, 2.75) is 0 Å². The smallest absolute Gasteiger partial charge is 0.271 e. The molecule has 0 spiro atoms. The molecule has 2 rings (SSSR count). The summed E-state index contributed by atoms with van der Waals surface area (Å²) >= 11 is 0. The van der Waals surface area contributed by atoms with E-state index in [1.807, 2.05) is 6.07 Å². The molecule has 0 saturated heterocycles. The highest BCUT2D eigenvalue weighted by Crippen LogP contribution is 2.26. The van der Waals surface area contributed by atoms with Crippen molar-refractivity contribution in [3.05, 3.63) is 40.3 Å². The predicted molar refractivity (Wildman–Crippen MR) is 73.4 cm³/mol. The summed E-state index contributed by atoms with van der Waals surface area (Å²) in [6.45, 7) is 0. The van der Waals surface area contributed by atoms with E-state index in [1.54, 1.807) is 32.6 Å². The number of anilines is 1. The summed E-state index contributed by atoms with van der Waals surface area (Å²) < 4.78 is 10.3. The van der Waals surface area contributed by atoms with Gasteiger partial charge in [0.1, 0.15) is 6.20 Å². The molecule has 0 saturated carbocycles. The minimum Gasteiger partial charge on any atom is -0.493 e. The van der Waals surface area contributed by atoms with Crippen LogP contribution in [0, 0.1) is 0 Å². The maximum Gasteiger partial charge on any atom is 0.271 e. The van der Waals surface area contributed by atoms with Gasteiger partial charge in [0, 0.05) is 0 Å². The van der Waals surface area contributed by atoms with Crippen LogP contribution in [0.4, 0.5) is 5.95 Å². The fourth-order valence-corrected chi connectivity index (χ4v) is 1.46. The van der Waals surface area contributed by atoms with Crippen LogP contribution in [-0.2, 0) is 0 Å². The average molecular weight is 275 g/mol. The molecule has 0 fully saturated rings. The molecule has 0 aliphatic heterocycles. The molecule has 0 unspecified atom stereocenters. The lowest BCUT2D eigenvalue weighted by Crippen LogP contribution is -2.10. The molecule has 1 aromatic heterocycles. The summed E-state index contributed by atoms with van der Waals surface area (Å²) in [5.74, 6) is 1.40. The second kappa shape index (κ2) is 6.32. The van der Waals surface area contributed by atoms with Crippen molar-refractivity contribution < 1.29 is 9.47 Å². The number of ether oxygens (including phenoxy) is 2. The number of hydrazone groups is 1. The lowest BCUT2D eigenvalue weighted by atomic mass is 10.2. The summed E-state index contributed by atoms with van der Waals surface area (Å²) in [7, 11) is 3.12. The van der Waals surface area contributed by atoms with E-state index in [1.165, 1.54) is 0 Å². The van der Waals surface area contributed by atoms with Gasteiger partial charge in [-0.15, -0.1) is 10.2 Å². The molecule has 0 radical (unpaired) electrons. The average Bonchev–Trinajstić information content (AvgIpc) is 2.47. The molecule has 104 valence electrons. The molecule has 8 heteroatoms. The van der Waals surface area contributed by atoms with E-state index in [0.717, 1.165) is 11.8 Å². The van der Waals surface area contributed by atoms with Gasteiger partial charge in [-0.25, -0.2) is 5.43 Å². The largest absolute Gasteiger partial charge is 0.493 e. The van der Waals surface area contributed by atoms with E-state index in [0.29, 0.717) is 11.5 Å². The Bertz CT molecular complexity index is 668.